The van der Waals surface area contributed by atoms with E-state index in [9.17, 15) is 0 Å². The Balaban J connectivity index is 2.42. The Labute approximate surface area is 74.2 Å². The lowest BCUT2D eigenvalue weighted by Gasteiger charge is -2.19. The molecule has 1 fully saturated rings. The van der Waals surface area contributed by atoms with E-state index in [1.165, 1.54) is 6.42 Å². The van der Waals surface area contributed by atoms with Crippen molar-refractivity contribution in [2.24, 2.45) is 0 Å². The Hall–Kier alpha value is -0.310. The van der Waals surface area contributed by atoms with Gasteiger partial charge in [0.2, 0.25) is 0 Å². The third-order valence-electron chi connectivity index (χ3n) is 2.06. The highest BCUT2D eigenvalue weighted by molar-refractivity contribution is 7.80. The molecule has 11 heavy (non-hydrogen) atoms. The van der Waals surface area contributed by atoms with Crippen molar-refractivity contribution in [2.45, 2.75) is 20.3 Å². The highest BCUT2D eigenvalue weighted by atomic mass is 32.1. The van der Waals surface area contributed by atoms with Gasteiger partial charge in [0, 0.05) is 26.2 Å². The maximum atomic E-state index is 5.28. The molecular weight excluding hydrogens is 156 g/mol. The average Bonchev–Trinajstić information content (AvgIpc) is 2.34. The predicted molar refractivity (Wildman–Crippen MR) is 51.7 cm³/mol. The molecule has 0 aromatic rings. The fraction of sp³-hybridized carbons (Fsp3) is 0.875. The molecule has 0 aromatic carbocycles. The van der Waals surface area contributed by atoms with Crippen molar-refractivity contribution in [3.8, 4) is 0 Å². The zero-order valence-electron chi connectivity index (χ0n) is 7.34. The molecule has 1 heterocycles. The van der Waals surface area contributed by atoms with Crippen LogP contribution in [-0.4, -0.2) is 41.1 Å². The maximum Gasteiger partial charge on any atom is 0.171 e. The summed E-state index contributed by atoms with van der Waals surface area (Å²) in [5, 5.41) is 1.05. The highest BCUT2D eigenvalue weighted by Crippen LogP contribution is 2.08. The summed E-state index contributed by atoms with van der Waals surface area (Å²) >= 11 is 5.28. The molecule has 0 bridgehead atoms. The molecule has 0 aliphatic carbocycles. The topological polar surface area (TPSA) is 6.48 Å². The smallest absolute Gasteiger partial charge is 0.171 e. The number of likely N-dealkylation sites (N-methyl/N-ethyl adjacent to an activating group) is 1. The third kappa shape index (κ3) is 1.83. The minimum atomic E-state index is 1.05. The lowest BCUT2D eigenvalue weighted by Crippen LogP contribution is -2.31. The molecule has 1 rings (SSSR count). The highest BCUT2D eigenvalue weighted by Gasteiger charge is 2.21. The van der Waals surface area contributed by atoms with E-state index in [-0.39, 0.29) is 0 Å². The number of nitrogens with zero attached hydrogens (tertiary/aromatic N) is 2. The van der Waals surface area contributed by atoms with Gasteiger partial charge in [-0.05, 0) is 25.6 Å². The van der Waals surface area contributed by atoms with Gasteiger partial charge in [-0.25, -0.2) is 0 Å². The first-order valence-electron chi connectivity index (χ1n) is 4.33. The fourth-order valence-corrected chi connectivity index (χ4v) is 1.81. The fourth-order valence-electron chi connectivity index (χ4n) is 1.40. The normalized spacial score (nSPS) is 18.2. The molecule has 0 amide bonds. The molecule has 1 aliphatic heterocycles. The third-order valence-corrected chi connectivity index (χ3v) is 2.57. The van der Waals surface area contributed by atoms with Crippen LogP contribution in [-0.2, 0) is 0 Å². The van der Waals surface area contributed by atoms with Gasteiger partial charge in [-0.1, -0.05) is 6.92 Å². The SMILES string of the molecule is CCCN1CCN(CC)C1=S. The van der Waals surface area contributed by atoms with Gasteiger partial charge < -0.3 is 9.80 Å². The van der Waals surface area contributed by atoms with Crippen molar-refractivity contribution in [1.82, 2.24) is 9.80 Å². The quantitative estimate of drug-likeness (QED) is 0.593. The zero-order chi connectivity index (χ0) is 8.27. The van der Waals surface area contributed by atoms with Gasteiger partial charge in [-0.15, -0.1) is 0 Å². The van der Waals surface area contributed by atoms with Gasteiger partial charge in [0.15, 0.2) is 5.11 Å². The van der Waals surface area contributed by atoms with E-state index in [1.54, 1.807) is 0 Å². The number of thiocarbonyl (C=S) groups is 1. The Kier molecular flexibility index (Phi) is 3.12. The standard InChI is InChI=1S/C8H16N2S/c1-3-5-10-7-6-9(4-2)8(10)11/h3-7H2,1-2H3. The van der Waals surface area contributed by atoms with Crippen LogP contribution in [0.25, 0.3) is 0 Å². The van der Waals surface area contributed by atoms with Gasteiger partial charge in [-0.3, -0.25) is 0 Å². The first kappa shape index (κ1) is 8.78. The van der Waals surface area contributed by atoms with Gasteiger partial charge in [-0.2, -0.15) is 0 Å². The van der Waals surface area contributed by atoms with Crippen LogP contribution in [0.5, 0.6) is 0 Å². The maximum absolute atomic E-state index is 5.28. The van der Waals surface area contributed by atoms with Gasteiger partial charge >= 0.3 is 0 Å². The monoisotopic (exact) mass is 172 g/mol. The molecule has 0 atom stereocenters. The van der Waals surface area contributed by atoms with Crippen LogP contribution < -0.4 is 0 Å². The molecule has 0 spiro atoms. The summed E-state index contributed by atoms with van der Waals surface area (Å²) in [6, 6.07) is 0. The lowest BCUT2D eigenvalue weighted by molar-refractivity contribution is 0.465. The summed E-state index contributed by atoms with van der Waals surface area (Å²) in [6.45, 7) is 8.77. The van der Waals surface area contributed by atoms with Crippen molar-refractivity contribution < 1.29 is 0 Å². The summed E-state index contributed by atoms with van der Waals surface area (Å²) in [6.07, 6.45) is 1.19. The molecule has 0 radical (unpaired) electrons. The molecule has 2 nitrogen and oxygen atoms in total. The summed E-state index contributed by atoms with van der Waals surface area (Å²) in [5.74, 6) is 0. The Morgan fingerprint density at radius 1 is 1.27 bits per heavy atom. The summed E-state index contributed by atoms with van der Waals surface area (Å²) in [5.41, 5.74) is 0. The van der Waals surface area contributed by atoms with E-state index in [4.69, 9.17) is 12.2 Å². The van der Waals surface area contributed by atoms with E-state index in [1.807, 2.05) is 0 Å². The van der Waals surface area contributed by atoms with Crippen LogP contribution in [0, 0.1) is 0 Å². The van der Waals surface area contributed by atoms with Crippen LogP contribution in [0.15, 0.2) is 0 Å². The first-order chi connectivity index (χ1) is 5.29. The van der Waals surface area contributed by atoms with E-state index in [0.29, 0.717) is 0 Å². The first-order valence-corrected chi connectivity index (χ1v) is 4.74. The van der Waals surface area contributed by atoms with Gasteiger partial charge in [0.25, 0.3) is 0 Å². The molecule has 0 N–H and O–H groups in total. The van der Waals surface area contributed by atoms with Gasteiger partial charge in [0.05, 0.1) is 0 Å². The zero-order valence-corrected chi connectivity index (χ0v) is 8.15. The van der Waals surface area contributed by atoms with Crippen LogP contribution in [0.3, 0.4) is 0 Å². The Morgan fingerprint density at radius 2 is 1.91 bits per heavy atom. The minimum Gasteiger partial charge on any atom is -0.348 e. The number of hydrogen-bond acceptors (Lipinski definition) is 1. The largest absolute Gasteiger partial charge is 0.348 e. The number of hydrogen-bond donors (Lipinski definition) is 0. The van der Waals surface area contributed by atoms with E-state index < -0.39 is 0 Å². The van der Waals surface area contributed by atoms with Crippen LogP contribution >= 0.6 is 12.2 Å². The molecule has 1 saturated heterocycles. The Bertz CT molecular complexity index is 147. The number of rotatable bonds is 3. The van der Waals surface area contributed by atoms with Crippen molar-refractivity contribution in [3.63, 3.8) is 0 Å². The van der Waals surface area contributed by atoms with Crippen molar-refractivity contribution in [2.75, 3.05) is 26.2 Å². The van der Waals surface area contributed by atoms with E-state index in [2.05, 4.69) is 23.6 Å². The summed E-state index contributed by atoms with van der Waals surface area (Å²) in [7, 11) is 0. The molecule has 0 saturated carbocycles. The molecule has 0 aromatic heterocycles. The summed E-state index contributed by atoms with van der Waals surface area (Å²) < 4.78 is 0. The van der Waals surface area contributed by atoms with E-state index >= 15 is 0 Å². The lowest BCUT2D eigenvalue weighted by atomic mass is 10.4. The summed E-state index contributed by atoms with van der Waals surface area (Å²) in [4.78, 5) is 4.55. The van der Waals surface area contributed by atoms with Crippen LogP contribution in [0.1, 0.15) is 20.3 Å². The second kappa shape index (κ2) is 3.90. The van der Waals surface area contributed by atoms with Gasteiger partial charge in [0.1, 0.15) is 0 Å². The van der Waals surface area contributed by atoms with Crippen molar-refractivity contribution in [1.29, 1.82) is 0 Å². The molecule has 1 aliphatic rings. The van der Waals surface area contributed by atoms with E-state index in [0.717, 1.165) is 31.3 Å². The average molecular weight is 172 g/mol. The predicted octanol–water partition coefficient (Wildman–Crippen LogP) is 1.32. The molecule has 64 valence electrons. The Morgan fingerprint density at radius 3 is 2.36 bits per heavy atom. The second-order valence-corrected chi connectivity index (χ2v) is 3.21. The second-order valence-electron chi connectivity index (χ2n) is 2.85. The minimum absolute atomic E-state index is 1.05. The molecular formula is C8H16N2S. The van der Waals surface area contributed by atoms with Crippen LogP contribution in [0.4, 0.5) is 0 Å². The molecule has 0 unspecified atom stereocenters. The van der Waals surface area contributed by atoms with Crippen molar-refractivity contribution >= 4 is 17.3 Å². The van der Waals surface area contributed by atoms with Crippen LogP contribution in [0.2, 0.25) is 0 Å². The van der Waals surface area contributed by atoms with Crippen molar-refractivity contribution in [3.05, 3.63) is 0 Å². The molecule has 3 heteroatoms.